The number of halogens is 1. The van der Waals surface area contributed by atoms with Crippen molar-refractivity contribution < 1.29 is 31.1 Å². The third kappa shape index (κ3) is 3.81. The van der Waals surface area contributed by atoms with Gasteiger partial charge in [-0.2, -0.15) is 12.7 Å². The molecule has 1 amide bonds. The van der Waals surface area contributed by atoms with E-state index in [0.29, 0.717) is 25.9 Å². The largest absolute Gasteiger partial charge is 0.391 e. The van der Waals surface area contributed by atoms with Crippen LogP contribution in [0.4, 0.5) is 4.39 Å². The summed E-state index contributed by atoms with van der Waals surface area (Å²) in [6.07, 6.45) is 2.02. The molecule has 0 aromatic heterocycles. The van der Waals surface area contributed by atoms with Crippen LogP contribution in [0.1, 0.15) is 44.9 Å². The van der Waals surface area contributed by atoms with E-state index in [9.17, 15) is 26.7 Å². The molecule has 5 fully saturated rings. The van der Waals surface area contributed by atoms with Crippen LogP contribution in [0, 0.1) is 23.7 Å². The Hall–Kier alpha value is -0.820. The van der Waals surface area contributed by atoms with Crippen LogP contribution in [0.3, 0.4) is 0 Å². The second-order valence-electron chi connectivity index (χ2n) is 9.96. The minimum absolute atomic E-state index is 0.0285. The maximum atomic E-state index is 15.7. The van der Waals surface area contributed by atoms with Gasteiger partial charge in [-0.05, 0) is 68.6 Å². The average molecular weight is 480 g/mol. The van der Waals surface area contributed by atoms with Gasteiger partial charge in [0.15, 0.2) is 0 Å². The van der Waals surface area contributed by atoms with E-state index >= 15 is 4.39 Å². The molecule has 12 heteroatoms. The highest BCUT2D eigenvalue weighted by molar-refractivity contribution is 7.90. The highest BCUT2D eigenvalue weighted by atomic mass is 32.2. The minimum atomic E-state index is -4.13. The van der Waals surface area contributed by atoms with Gasteiger partial charge in [0.05, 0.1) is 23.9 Å². The van der Waals surface area contributed by atoms with Crippen molar-refractivity contribution in [3.63, 3.8) is 0 Å². The Morgan fingerprint density at radius 1 is 1.03 bits per heavy atom. The van der Waals surface area contributed by atoms with E-state index in [-0.39, 0.29) is 23.0 Å². The van der Waals surface area contributed by atoms with Crippen LogP contribution >= 0.6 is 0 Å². The van der Waals surface area contributed by atoms with E-state index < -0.39 is 56.9 Å². The van der Waals surface area contributed by atoms with Gasteiger partial charge < -0.3 is 5.11 Å². The van der Waals surface area contributed by atoms with Crippen molar-refractivity contribution in [3.05, 3.63) is 0 Å². The number of hydrogen-bond acceptors (Lipinski definition) is 6. The van der Waals surface area contributed by atoms with Gasteiger partial charge in [-0.15, -0.1) is 0 Å². The summed E-state index contributed by atoms with van der Waals surface area (Å²) in [6.45, 7) is 0.541. The zero-order valence-electron chi connectivity index (χ0n) is 17.3. The standard InChI is InChI=1S/C19H30FN3O6S2/c20-18-15-7-11(13-5-6-22(9-13)30(26,27)14-3-4-14)1-2-12(15)8-16(24)19(18)23-10-17(25)21-31(23,28)29/h11-16,18-19,24H,1-10H2,(H,21,25)/t11-,12?,13-,15?,16?,18?,19?/m0/s1. The zero-order valence-corrected chi connectivity index (χ0v) is 18.9. The smallest absolute Gasteiger partial charge is 0.304 e. The van der Waals surface area contributed by atoms with E-state index in [1.54, 1.807) is 4.31 Å². The molecular weight excluding hydrogens is 449 g/mol. The minimum Gasteiger partial charge on any atom is -0.391 e. The highest BCUT2D eigenvalue weighted by Gasteiger charge is 2.54. The topological polar surface area (TPSA) is 124 Å². The van der Waals surface area contributed by atoms with Gasteiger partial charge in [0.2, 0.25) is 15.9 Å². The molecule has 2 N–H and O–H groups in total. The van der Waals surface area contributed by atoms with Gasteiger partial charge in [-0.25, -0.2) is 21.8 Å². The van der Waals surface area contributed by atoms with Gasteiger partial charge in [-0.3, -0.25) is 4.79 Å². The molecule has 3 saturated carbocycles. The Morgan fingerprint density at radius 3 is 2.39 bits per heavy atom. The molecule has 0 radical (unpaired) electrons. The van der Waals surface area contributed by atoms with Crippen LogP contribution in [0.2, 0.25) is 0 Å². The van der Waals surface area contributed by atoms with Crippen molar-refractivity contribution >= 4 is 26.1 Å². The number of nitrogens with one attached hydrogen (secondary N) is 1. The predicted molar refractivity (Wildman–Crippen MR) is 109 cm³/mol. The second-order valence-corrected chi connectivity index (χ2v) is 13.8. The van der Waals surface area contributed by atoms with Crippen LogP contribution in [-0.2, 0) is 25.0 Å². The van der Waals surface area contributed by atoms with Gasteiger partial charge in [-0.1, -0.05) is 0 Å². The number of aliphatic hydroxyl groups excluding tert-OH is 1. The Labute approximate surface area is 182 Å². The molecule has 0 aromatic carbocycles. The number of sulfonamides is 1. The number of carbonyl (C=O) groups excluding carboxylic acids is 1. The Balaban J connectivity index is 1.29. The Morgan fingerprint density at radius 2 is 1.74 bits per heavy atom. The molecule has 3 aliphatic carbocycles. The SMILES string of the molecule is O=C1CN(C2C(O)CC3CC[C@H]([C@H]4CCN(S(=O)(=O)C5CC5)C4)CC3C2F)S(=O)(=O)N1. The van der Waals surface area contributed by atoms with Gasteiger partial charge in [0.1, 0.15) is 6.17 Å². The van der Waals surface area contributed by atoms with E-state index in [1.165, 1.54) is 0 Å². The van der Waals surface area contributed by atoms with Crippen molar-refractivity contribution in [2.75, 3.05) is 19.6 Å². The number of nitrogens with zero attached hydrogens (tertiary/aromatic N) is 2. The fourth-order valence-electron chi connectivity index (χ4n) is 6.35. The number of amides is 1. The average Bonchev–Trinajstić information content (AvgIpc) is 3.37. The first-order chi connectivity index (χ1) is 14.6. The number of carbonyl (C=O) groups is 1. The number of fused-ring (bicyclic) bond motifs is 1. The molecule has 2 aliphatic heterocycles. The first kappa shape index (κ1) is 22.0. The van der Waals surface area contributed by atoms with Crippen molar-refractivity contribution in [3.8, 4) is 0 Å². The normalized spacial score (nSPS) is 44.2. The Kier molecular flexibility index (Phi) is 5.40. The quantitative estimate of drug-likeness (QED) is 0.584. The molecule has 0 aromatic rings. The van der Waals surface area contributed by atoms with Crippen LogP contribution < -0.4 is 4.72 Å². The summed E-state index contributed by atoms with van der Waals surface area (Å²) in [6, 6.07) is -1.26. The molecule has 0 bridgehead atoms. The van der Waals surface area contributed by atoms with Crippen molar-refractivity contribution in [1.82, 2.24) is 13.3 Å². The molecule has 5 rings (SSSR count). The lowest BCUT2D eigenvalue weighted by molar-refractivity contribution is -0.120. The van der Waals surface area contributed by atoms with Crippen molar-refractivity contribution in [2.45, 2.75) is 68.5 Å². The van der Waals surface area contributed by atoms with Crippen LogP contribution in [-0.4, -0.2) is 79.7 Å². The zero-order chi connectivity index (χ0) is 22.1. The summed E-state index contributed by atoms with van der Waals surface area (Å²) >= 11 is 0. The Bertz CT molecular complexity index is 956. The lowest BCUT2D eigenvalue weighted by Gasteiger charge is -2.48. The van der Waals surface area contributed by atoms with E-state index in [0.717, 1.165) is 36.4 Å². The summed E-state index contributed by atoms with van der Waals surface area (Å²) in [5.74, 6) is -0.771. The maximum absolute atomic E-state index is 15.7. The molecular formula is C19H30FN3O6S2. The van der Waals surface area contributed by atoms with Gasteiger partial charge in [0.25, 0.3) is 0 Å². The third-order valence-corrected chi connectivity index (χ3v) is 11.9. The lowest BCUT2D eigenvalue weighted by atomic mass is 9.62. The van der Waals surface area contributed by atoms with E-state index in [2.05, 4.69) is 0 Å². The molecule has 5 aliphatic rings. The van der Waals surface area contributed by atoms with Gasteiger partial charge >= 0.3 is 10.2 Å². The summed E-state index contributed by atoms with van der Waals surface area (Å²) < 4.78 is 69.5. The molecule has 5 unspecified atom stereocenters. The molecule has 176 valence electrons. The van der Waals surface area contributed by atoms with Gasteiger partial charge in [0, 0.05) is 13.1 Å². The monoisotopic (exact) mass is 479 g/mol. The van der Waals surface area contributed by atoms with E-state index in [1.807, 2.05) is 4.72 Å². The summed E-state index contributed by atoms with van der Waals surface area (Å²) in [4.78, 5) is 11.6. The summed E-state index contributed by atoms with van der Waals surface area (Å²) in [5.41, 5.74) is 0. The molecule has 2 heterocycles. The summed E-state index contributed by atoms with van der Waals surface area (Å²) in [5, 5.41) is 10.3. The number of alkyl halides is 1. The first-order valence-corrected chi connectivity index (χ1v) is 14.2. The molecule has 7 atom stereocenters. The van der Waals surface area contributed by atoms with Crippen molar-refractivity contribution in [1.29, 1.82) is 0 Å². The summed E-state index contributed by atoms with van der Waals surface area (Å²) in [7, 11) is -7.34. The lowest BCUT2D eigenvalue weighted by Crippen LogP contribution is -2.59. The number of aliphatic hydroxyl groups is 1. The van der Waals surface area contributed by atoms with Crippen LogP contribution in [0.15, 0.2) is 0 Å². The first-order valence-electron chi connectivity index (χ1n) is 11.2. The molecule has 2 saturated heterocycles. The molecule has 31 heavy (non-hydrogen) atoms. The molecule has 0 spiro atoms. The number of hydrogen-bond donors (Lipinski definition) is 2. The maximum Gasteiger partial charge on any atom is 0.304 e. The highest BCUT2D eigenvalue weighted by Crippen LogP contribution is 2.49. The fraction of sp³-hybridized carbons (Fsp3) is 0.947. The third-order valence-electron chi connectivity index (χ3n) is 8.11. The molecule has 9 nitrogen and oxygen atoms in total. The fourth-order valence-corrected chi connectivity index (χ4v) is 9.60. The van der Waals surface area contributed by atoms with Crippen LogP contribution in [0.25, 0.3) is 0 Å². The number of rotatable bonds is 4. The predicted octanol–water partition coefficient (Wildman–Crippen LogP) is -0.0191. The van der Waals surface area contributed by atoms with E-state index in [4.69, 9.17) is 0 Å². The van der Waals surface area contributed by atoms with Crippen LogP contribution in [0.5, 0.6) is 0 Å². The van der Waals surface area contributed by atoms with Crippen molar-refractivity contribution in [2.24, 2.45) is 23.7 Å². The second kappa shape index (κ2) is 7.61.